The van der Waals surface area contributed by atoms with Gasteiger partial charge < -0.3 is 5.73 Å². The molecule has 2 rings (SSSR count). The summed E-state index contributed by atoms with van der Waals surface area (Å²) in [6.07, 6.45) is 0. The van der Waals surface area contributed by atoms with Crippen molar-refractivity contribution in [2.45, 2.75) is 4.90 Å². The minimum Gasteiger partial charge on any atom is -0.399 e. The van der Waals surface area contributed by atoms with Crippen LogP contribution in [0, 0.1) is 5.82 Å². The van der Waals surface area contributed by atoms with E-state index in [9.17, 15) is 12.8 Å². The van der Waals surface area contributed by atoms with Crippen LogP contribution in [0.5, 0.6) is 0 Å². The molecule has 3 N–H and O–H groups in total. The molecule has 0 atom stereocenters. The molecule has 4 nitrogen and oxygen atoms in total. The van der Waals surface area contributed by atoms with E-state index in [2.05, 4.69) is 20.7 Å². The molecule has 0 unspecified atom stereocenters. The number of nitrogens with two attached hydrogens (primary N) is 1. The molecule has 19 heavy (non-hydrogen) atoms. The molecular weight excluding hydrogens is 335 g/mol. The van der Waals surface area contributed by atoms with Gasteiger partial charge in [0, 0.05) is 15.8 Å². The highest BCUT2D eigenvalue weighted by Crippen LogP contribution is 2.25. The largest absolute Gasteiger partial charge is 0.399 e. The third-order valence-electron chi connectivity index (χ3n) is 2.35. The number of rotatable bonds is 3. The average molecular weight is 345 g/mol. The molecule has 0 aliphatic rings. The van der Waals surface area contributed by atoms with Gasteiger partial charge in [-0.1, -0.05) is 0 Å². The van der Waals surface area contributed by atoms with Crippen LogP contribution in [0.3, 0.4) is 0 Å². The van der Waals surface area contributed by atoms with Crippen molar-refractivity contribution in [3.8, 4) is 0 Å². The third-order valence-corrected chi connectivity index (χ3v) is 4.70. The first-order valence-corrected chi connectivity index (χ1v) is 7.49. The normalized spacial score (nSPS) is 11.3. The molecule has 0 aliphatic heterocycles. The van der Waals surface area contributed by atoms with E-state index in [4.69, 9.17) is 5.73 Å². The van der Waals surface area contributed by atoms with Crippen molar-refractivity contribution in [1.82, 2.24) is 0 Å². The second-order valence-corrected chi connectivity index (χ2v) is 6.31. The van der Waals surface area contributed by atoms with Crippen molar-refractivity contribution >= 4 is 37.3 Å². The van der Waals surface area contributed by atoms with Gasteiger partial charge in [0.2, 0.25) is 0 Å². The highest BCUT2D eigenvalue weighted by atomic mass is 79.9. The van der Waals surface area contributed by atoms with Gasteiger partial charge in [-0.2, -0.15) is 0 Å². The molecule has 0 heterocycles. The smallest absolute Gasteiger partial charge is 0.263 e. The number of nitrogens with one attached hydrogen (secondary N) is 1. The first-order valence-electron chi connectivity index (χ1n) is 5.22. The quantitative estimate of drug-likeness (QED) is 0.840. The lowest BCUT2D eigenvalue weighted by molar-refractivity contribution is 0.599. The van der Waals surface area contributed by atoms with E-state index >= 15 is 0 Å². The molecule has 100 valence electrons. The SMILES string of the molecule is Nc1ccc(NS(=O)(=O)c2ccc(F)cc2Br)cc1. The predicted molar refractivity (Wildman–Crippen MR) is 75.8 cm³/mol. The van der Waals surface area contributed by atoms with Crippen molar-refractivity contribution in [1.29, 1.82) is 0 Å². The molecule has 2 aromatic carbocycles. The molecule has 0 saturated heterocycles. The van der Waals surface area contributed by atoms with E-state index in [1.165, 1.54) is 6.07 Å². The summed E-state index contributed by atoms with van der Waals surface area (Å²) in [5.41, 5.74) is 6.43. The van der Waals surface area contributed by atoms with E-state index in [0.29, 0.717) is 11.4 Å². The van der Waals surface area contributed by atoms with Crippen LogP contribution in [-0.4, -0.2) is 8.42 Å². The zero-order valence-electron chi connectivity index (χ0n) is 9.60. The molecule has 0 fully saturated rings. The maximum Gasteiger partial charge on any atom is 0.263 e. The Kier molecular flexibility index (Phi) is 3.77. The Labute approximate surface area is 118 Å². The lowest BCUT2D eigenvalue weighted by atomic mass is 10.3. The summed E-state index contributed by atoms with van der Waals surface area (Å²) in [4.78, 5) is -0.0364. The predicted octanol–water partition coefficient (Wildman–Crippen LogP) is 2.97. The van der Waals surface area contributed by atoms with Crippen LogP contribution in [0.4, 0.5) is 15.8 Å². The molecular formula is C12H10BrFN2O2S. The van der Waals surface area contributed by atoms with Crippen LogP contribution in [-0.2, 0) is 10.0 Å². The number of halogens is 2. The number of nitrogen functional groups attached to an aromatic ring is 1. The lowest BCUT2D eigenvalue weighted by Crippen LogP contribution is -2.13. The topological polar surface area (TPSA) is 72.2 Å². The second-order valence-electron chi connectivity index (χ2n) is 3.80. The number of hydrogen-bond acceptors (Lipinski definition) is 3. The first kappa shape index (κ1) is 13.8. The van der Waals surface area contributed by atoms with Gasteiger partial charge in [0.05, 0.1) is 0 Å². The van der Waals surface area contributed by atoms with Crippen molar-refractivity contribution in [2.75, 3.05) is 10.5 Å². The number of sulfonamides is 1. The van der Waals surface area contributed by atoms with Crippen molar-refractivity contribution in [2.24, 2.45) is 0 Å². The Morgan fingerprint density at radius 1 is 1.11 bits per heavy atom. The Morgan fingerprint density at radius 3 is 2.32 bits per heavy atom. The molecule has 0 aromatic heterocycles. The highest BCUT2D eigenvalue weighted by molar-refractivity contribution is 9.10. The third kappa shape index (κ3) is 3.24. The highest BCUT2D eigenvalue weighted by Gasteiger charge is 2.18. The maximum atomic E-state index is 12.9. The second kappa shape index (κ2) is 5.18. The number of benzene rings is 2. The minimum absolute atomic E-state index is 0.0364. The minimum atomic E-state index is -3.78. The van der Waals surface area contributed by atoms with Crippen LogP contribution in [0.15, 0.2) is 51.8 Å². The van der Waals surface area contributed by atoms with Gasteiger partial charge in [-0.05, 0) is 58.4 Å². The average Bonchev–Trinajstić information content (AvgIpc) is 2.31. The van der Waals surface area contributed by atoms with E-state index < -0.39 is 15.8 Å². The Morgan fingerprint density at radius 2 is 1.74 bits per heavy atom. The molecule has 7 heteroatoms. The van der Waals surface area contributed by atoms with Crippen LogP contribution >= 0.6 is 15.9 Å². The summed E-state index contributed by atoms with van der Waals surface area (Å²) >= 11 is 3.03. The van der Waals surface area contributed by atoms with E-state index in [0.717, 1.165) is 12.1 Å². The van der Waals surface area contributed by atoms with Gasteiger partial charge in [0.15, 0.2) is 0 Å². The summed E-state index contributed by atoms with van der Waals surface area (Å²) in [5, 5.41) is 0. The van der Waals surface area contributed by atoms with Crippen molar-refractivity contribution in [3.05, 3.63) is 52.8 Å². The van der Waals surface area contributed by atoms with Crippen LogP contribution in [0.2, 0.25) is 0 Å². The molecule has 0 spiro atoms. The van der Waals surface area contributed by atoms with Crippen molar-refractivity contribution in [3.63, 3.8) is 0 Å². The summed E-state index contributed by atoms with van der Waals surface area (Å²) in [6.45, 7) is 0. The van der Waals surface area contributed by atoms with Gasteiger partial charge in [-0.25, -0.2) is 12.8 Å². The maximum absolute atomic E-state index is 12.9. The Hall–Kier alpha value is -1.60. The fourth-order valence-corrected chi connectivity index (χ4v) is 3.56. The number of anilines is 2. The van der Waals surface area contributed by atoms with E-state index in [1.807, 2.05) is 0 Å². The fourth-order valence-electron chi connectivity index (χ4n) is 1.45. The molecule has 2 aromatic rings. The zero-order valence-corrected chi connectivity index (χ0v) is 12.0. The van der Waals surface area contributed by atoms with Gasteiger partial charge in [-0.3, -0.25) is 4.72 Å². The van der Waals surface area contributed by atoms with Crippen LogP contribution in [0.25, 0.3) is 0 Å². The fraction of sp³-hybridized carbons (Fsp3) is 0. The van der Waals surface area contributed by atoms with Crippen molar-refractivity contribution < 1.29 is 12.8 Å². The summed E-state index contributed by atoms with van der Waals surface area (Å²) in [6, 6.07) is 9.63. The Bertz CT molecular complexity index is 702. The van der Waals surface area contributed by atoms with Gasteiger partial charge in [0.25, 0.3) is 10.0 Å². The van der Waals surface area contributed by atoms with Crippen LogP contribution < -0.4 is 10.5 Å². The van der Waals surface area contributed by atoms with E-state index in [-0.39, 0.29) is 9.37 Å². The zero-order chi connectivity index (χ0) is 14.0. The van der Waals surface area contributed by atoms with Gasteiger partial charge in [0.1, 0.15) is 10.7 Å². The van der Waals surface area contributed by atoms with Crippen LogP contribution in [0.1, 0.15) is 0 Å². The molecule has 0 radical (unpaired) electrons. The standard InChI is InChI=1S/C12H10BrFN2O2S/c13-11-7-8(14)1-6-12(11)19(17,18)16-10-4-2-9(15)3-5-10/h1-7,16H,15H2. The first-order chi connectivity index (χ1) is 8.88. The molecule has 0 amide bonds. The summed E-state index contributed by atoms with van der Waals surface area (Å²) in [7, 11) is -3.78. The molecule has 0 bridgehead atoms. The monoisotopic (exact) mass is 344 g/mol. The summed E-state index contributed by atoms with van der Waals surface area (Å²) in [5.74, 6) is -0.515. The molecule has 0 aliphatic carbocycles. The molecule has 0 saturated carbocycles. The Balaban J connectivity index is 2.35. The van der Waals surface area contributed by atoms with E-state index in [1.54, 1.807) is 24.3 Å². The summed E-state index contributed by atoms with van der Waals surface area (Å²) < 4.78 is 39.7. The van der Waals surface area contributed by atoms with Gasteiger partial charge >= 0.3 is 0 Å². The lowest BCUT2D eigenvalue weighted by Gasteiger charge is -2.09. The number of hydrogen-bond donors (Lipinski definition) is 2. The van der Waals surface area contributed by atoms with Gasteiger partial charge in [-0.15, -0.1) is 0 Å².